The van der Waals surface area contributed by atoms with Crippen molar-refractivity contribution in [1.29, 1.82) is 0 Å². The van der Waals surface area contributed by atoms with Gasteiger partial charge in [-0.1, -0.05) is 0 Å². The molecule has 0 saturated heterocycles. The first-order valence-electron chi connectivity index (χ1n) is 6.38. The molecule has 2 aromatic rings. The highest BCUT2D eigenvalue weighted by atomic mass is 16.5. The summed E-state index contributed by atoms with van der Waals surface area (Å²) in [6.45, 7) is 3.72. The fourth-order valence-corrected chi connectivity index (χ4v) is 1.83. The monoisotopic (exact) mass is 275 g/mol. The van der Waals surface area contributed by atoms with Gasteiger partial charge in [0.1, 0.15) is 11.3 Å². The Morgan fingerprint density at radius 1 is 1.30 bits per heavy atom. The molecule has 1 radical (unpaired) electrons. The Kier molecular flexibility index (Phi) is 4.76. The first kappa shape index (κ1) is 14.1. The van der Waals surface area contributed by atoms with Crippen LogP contribution in [0.2, 0.25) is 0 Å². The van der Waals surface area contributed by atoms with Gasteiger partial charge in [-0.05, 0) is 38.0 Å². The van der Waals surface area contributed by atoms with E-state index >= 15 is 0 Å². The summed E-state index contributed by atoms with van der Waals surface area (Å²) in [5.74, 6) is 0.641. The molecular formula is C15H15O5. The Morgan fingerprint density at radius 2 is 2.10 bits per heavy atom. The first-order chi connectivity index (χ1) is 9.69. The van der Waals surface area contributed by atoms with Crippen LogP contribution < -0.4 is 10.4 Å². The molecule has 1 atom stereocenters. The summed E-state index contributed by atoms with van der Waals surface area (Å²) < 4.78 is 15.3. The SMILES string of the molecule is CC(CCCOc1ccc2ccc(=O)oc2c1)O[C]=O. The maximum atomic E-state index is 11.1. The minimum Gasteiger partial charge on any atom is -0.493 e. The molecule has 1 unspecified atom stereocenters. The summed E-state index contributed by atoms with van der Waals surface area (Å²) in [5, 5.41) is 0.848. The van der Waals surface area contributed by atoms with Crippen molar-refractivity contribution < 1.29 is 18.7 Å². The Labute approximate surface area is 116 Å². The molecule has 20 heavy (non-hydrogen) atoms. The van der Waals surface area contributed by atoms with Gasteiger partial charge in [-0.2, -0.15) is 0 Å². The van der Waals surface area contributed by atoms with Gasteiger partial charge in [0.15, 0.2) is 0 Å². The fraction of sp³-hybridized carbons (Fsp3) is 0.333. The highest BCUT2D eigenvalue weighted by molar-refractivity contribution is 5.77. The lowest BCUT2D eigenvalue weighted by molar-refractivity contribution is 0.172. The molecule has 5 heteroatoms. The molecule has 1 aromatic carbocycles. The van der Waals surface area contributed by atoms with E-state index in [1.807, 2.05) is 12.1 Å². The highest BCUT2D eigenvalue weighted by Crippen LogP contribution is 2.19. The van der Waals surface area contributed by atoms with Gasteiger partial charge < -0.3 is 13.9 Å². The highest BCUT2D eigenvalue weighted by Gasteiger charge is 2.03. The number of hydrogen-bond donors (Lipinski definition) is 0. The minimum absolute atomic E-state index is 0.161. The zero-order valence-electron chi connectivity index (χ0n) is 11.1. The number of fused-ring (bicyclic) bond motifs is 1. The van der Waals surface area contributed by atoms with Gasteiger partial charge in [-0.25, -0.2) is 9.59 Å². The molecule has 0 fully saturated rings. The fourth-order valence-electron chi connectivity index (χ4n) is 1.83. The zero-order valence-corrected chi connectivity index (χ0v) is 11.1. The summed E-state index contributed by atoms with van der Waals surface area (Å²) >= 11 is 0. The number of ether oxygens (including phenoxy) is 2. The second-order valence-corrected chi connectivity index (χ2v) is 4.46. The first-order valence-corrected chi connectivity index (χ1v) is 6.38. The summed E-state index contributed by atoms with van der Waals surface area (Å²) in [7, 11) is 0. The summed E-state index contributed by atoms with van der Waals surface area (Å²) in [4.78, 5) is 21.1. The Bertz CT molecular complexity index is 631. The van der Waals surface area contributed by atoms with Gasteiger partial charge in [-0.15, -0.1) is 0 Å². The summed E-state index contributed by atoms with van der Waals surface area (Å²) in [6, 6.07) is 8.44. The average Bonchev–Trinajstić information content (AvgIpc) is 2.43. The predicted octanol–water partition coefficient (Wildman–Crippen LogP) is 2.42. The van der Waals surface area contributed by atoms with Crippen molar-refractivity contribution in [1.82, 2.24) is 0 Å². The van der Waals surface area contributed by atoms with E-state index in [9.17, 15) is 9.59 Å². The molecule has 0 spiro atoms. The molecule has 0 N–H and O–H groups in total. The van der Waals surface area contributed by atoms with Crippen LogP contribution in [0.4, 0.5) is 0 Å². The van der Waals surface area contributed by atoms with Gasteiger partial charge >= 0.3 is 12.1 Å². The van der Waals surface area contributed by atoms with Gasteiger partial charge in [0, 0.05) is 17.5 Å². The van der Waals surface area contributed by atoms with E-state index in [0.29, 0.717) is 24.4 Å². The van der Waals surface area contributed by atoms with E-state index in [0.717, 1.165) is 11.8 Å². The van der Waals surface area contributed by atoms with Crippen LogP contribution in [-0.4, -0.2) is 19.2 Å². The van der Waals surface area contributed by atoms with Crippen molar-refractivity contribution in [2.75, 3.05) is 6.61 Å². The Morgan fingerprint density at radius 3 is 2.90 bits per heavy atom. The van der Waals surface area contributed by atoms with Crippen LogP contribution in [0.1, 0.15) is 19.8 Å². The Balaban J connectivity index is 1.90. The van der Waals surface area contributed by atoms with Gasteiger partial charge in [0.05, 0.1) is 12.7 Å². The number of rotatable bonds is 7. The van der Waals surface area contributed by atoms with Crippen molar-refractivity contribution in [2.24, 2.45) is 0 Å². The van der Waals surface area contributed by atoms with Gasteiger partial charge in [0.25, 0.3) is 0 Å². The van der Waals surface area contributed by atoms with Crippen molar-refractivity contribution in [3.05, 3.63) is 40.8 Å². The molecule has 0 aliphatic rings. The smallest absolute Gasteiger partial charge is 0.417 e. The molecule has 1 aromatic heterocycles. The minimum atomic E-state index is -0.384. The van der Waals surface area contributed by atoms with E-state index in [-0.39, 0.29) is 11.7 Å². The average molecular weight is 275 g/mol. The molecule has 5 nitrogen and oxygen atoms in total. The number of carbonyl (C=O) groups excluding carboxylic acids is 1. The molecule has 0 saturated carbocycles. The molecule has 0 amide bonds. The van der Waals surface area contributed by atoms with Crippen LogP contribution in [0.15, 0.2) is 39.5 Å². The quantitative estimate of drug-likeness (QED) is 0.573. The van der Waals surface area contributed by atoms with Crippen molar-refractivity contribution in [3.63, 3.8) is 0 Å². The van der Waals surface area contributed by atoms with Crippen LogP contribution in [-0.2, 0) is 9.53 Å². The molecule has 0 bridgehead atoms. The normalized spacial score (nSPS) is 12.1. The third-order valence-corrected chi connectivity index (χ3v) is 2.87. The lowest BCUT2D eigenvalue weighted by atomic mass is 10.2. The molecule has 0 aliphatic carbocycles. The molecular weight excluding hydrogens is 260 g/mol. The molecule has 105 valence electrons. The molecule has 0 aliphatic heterocycles. The van der Waals surface area contributed by atoms with Gasteiger partial charge in [0.2, 0.25) is 0 Å². The van der Waals surface area contributed by atoms with Crippen LogP contribution in [0.3, 0.4) is 0 Å². The summed E-state index contributed by atoms with van der Waals surface area (Å²) in [6.07, 6.45) is 1.29. The largest absolute Gasteiger partial charge is 0.493 e. The number of hydrogen-bond acceptors (Lipinski definition) is 5. The predicted molar refractivity (Wildman–Crippen MR) is 73.5 cm³/mol. The van der Waals surface area contributed by atoms with Crippen LogP contribution in [0.25, 0.3) is 11.0 Å². The van der Waals surface area contributed by atoms with Crippen LogP contribution in [0.5, 0.6) is 5.75 Å². The second-order valence-electron chi connectivity index (χ2n) is 4.46. The van der Waals surface area contributed by atoms with Crippen molar-refractivity contribution >= 4 is 17.4 Å². The van der Waals surface area contributed by atoms with E-state index in [2.05, 4.69) is 4.74 Å². The standard InChI is InChI=1S/C15H15O5/c1-11(19-10-16)3-2-8-18-13-6-4-12-5-7-15(17)20-14(12)9-13/h4-7,9,11H,2-3,8H2,1H3. The van der Waals surface area contributed by atoms with E-state index in [4.69, 9.17) is 9.15 Å². The van der Waals surface area contributed by atoms with Crippen molar-refractivity contribution in [2.45, 2.75) is 25.9 Å². The Hall–Kier alpha value is -2.30. The second kappa shape index (κ2) is 6.75. The zero-order chi connectivity index (χ0) is 14.4. The molecule has 1 heterocycles. The van der Waals surface area contributed by atoms with Crippen molar-refractivity contribution in [3.8, 4) is 5.75 Å². The van der Waals surface area contributed by atoms with E-state index in [1.165, 1.54) is 12.5 Å². The lowest BCUT2D eigenvalue weighted by Gasteiger charge is -2.09. The third-order valence-electron chi connectivity index (χ3n) is 2.87. The lowest BCUT2D eigenvalue weighted by Crippen LogP contribution is -2.09. The van der Waals surface area contributed by atoms with E-state index in [1.54, 1.807) is 19.1 Å². The van der Waals surface area contributed by atoms with Gasteiger partial charge in [-0.3, -0.25) is 0 Å². The van der Waals surface area contributed by atoms with E-state index < -0.39 is 0 Å². The van der Waals surface area contributed by atoms with Crippen LogP contribution in [0, 0.1) is 0 Å². The topological polar surface area (TPSA) is 65.7 Å². The number of benzene rings is 1. The van der Waals surface area contributed by atoms with Crippen LogP contribution >= 0.6 is 0 Å². The third kappa shape index (κ3) is 3.85. The summed E-state index contributed by atoms with van der Waals surface area (Å²) in [5.41, 5.74) is 0.119. The maximum absolute atomic E-state index is 11.1. The maximum Gasteiger partial charge on any atom is 0.417 e. The molecule has 2 rings (SSSR count).